The number of halogens is 1. The maximum atomic E-state index is 6.17. The maximum Gasteiger partial charge on any atom is 0.106 e. The molecule has 0 saturated carbocycles. The molecule has 1 spiro atoms. The van der Waals surface area contributed by atoms with Crippen LogP contribution in [0.3, 0.4) is 0 Å². The van der Waals surface area contributed by atoms with E-state index in [9.17, 15) is 0 Å². The maximum absolute atomic E-state index is 6.17. The average Bonchev–Trinajstić information content (AvgIpc) is 2.80. The molecule has 3 heterocycles. The molecule has 1 fully saturated rings. The zero-order chi connectivity index (χ0) is 13.5. The third-order valence-electron chi connectivity index (χ3n) is 3.99. The molecule has 4 nitrogen and oxygen atoms in total. The van der Waals surface area contributed by atoms with E-state index in [-0.39, 0.29) is 11.6 Å². The van der Waals surface area contributed by atoms with E-state index in [0.717, 1.165) is 36.8 Å². The van der Waals surface area contributed by atoms with E-state index < -0.39 is 0 Å². The van der Waals surface area contributed by atoms with Gasteiger partial charge in [0.2, 0.25) is 0 Å². The van der Waals surface area contributed by atoms with Crippen LogP contribution in [0.15, 0.2) is 18.0 Å². The van der Waals surface area contributed by atoms with Crippen molar-refractivity contribution in [1.29, 1.82) is 0 Å². The standard InChI is InChI=1S/C13H18ClN3OS/c14-11-5-8-1-4-18-13(12(8)19-11)2-3-17-10(6-13)9(16)7-15/h5,7,10,17H,1-4,6,15-16H2/b9-7-. The van der Waals surface area contributed by atoms with Crippen LogP contribution in [0.2, 0.25) is 4.34 Å². The van der Waals surface area contributed by atoms with Gasteiger partial charge in [0.1, 0.15) is 5.60 Å². The van der Waals surface area contributed by atoms with Gasteiger partial charge >= 0.3 is 0 Å². The van der Waals surface area contributed by atoms with Gasteiger partial charge in [-0.05, 0) is 31.0 Å². The Kier molecular flexibility index (Phi) is 3.47. The average molecular weight is 300 g/mol. The molecule has 6 heteroatoms. The number of hydrogen-bond donors (Lipinski definition) is 3. The lowest BCUT2D eigenvalue weighted by Crippen LogP contribution is -2.51. The van der Waals surface area contributed by atoms with Gasteiger partial charge in [-0.1, -0.05) is 11.6 Å². The summed E-state index contributed by atoms with van der Waals surface area (Å²) in [6.07, 6.45) is 4.18. The number of piperidine rings is 1. The lowest BCUT2D eigenvalue weighted by Gasteiger charge is -2.43. The van der Waals surface area contributed by atoms with Crippen LogP contribution in [0, 0.1) is 0 Å². The molecule has 2 atom stereocenters. The Morgan fingerprint density at radius 1 is 1.63 bits per heavy atom. The van der Waals surface area contributed by atoms with Gasteiger partial charge in [0.05, 0.1) is 17.0 Å². The SMILES string of the molecule is N/C=C(\N)C1CC2(CCN1)OCCc1cc(Cl)sc12. The minimum atomic E-state index is -0.241. The van der Waals surface area contributed by atoms with E-state index in [4.69, 9.17) is 27.8 Å². The first-order chi connectivity index (χ1) is 9.14. The zero-order valence-corrected chi connectivity index (χ0v) is 12.2. The molecule has 0 radical (unpaired) electrons. The van der Waals surface area contributed by atoms with Crippen LogP contribution in [-0.4, -0.2) is 19.2 Å². The second kappa shape index (κ2) is 4.98. The molecule has 2 aliphatic heterocycles. The smallest absolute Gasteiger partial charge is 0.106 e. The lowest BCUT2D eigenvalue weighted by atomic mass is 9.82. The summed E-state index contributed by atoms with van der Waals surface area (Å²) in [6.45, 7) is 1.62. The molecule has 0 aliphatic carbocycles. The summed E-state index contributed by atoms with van der Waals surface area (Å²) in [5, 5.41) is 3.40. The Morgan fingerprint density at radius 3 is 3.26 bits per heavy atom. The number of nitrogens with two attached hydrogens (primary N) is 2. The normalized spacial score (nSPS) is 31.4. The molecule has 104 valence electrons. The summed E-state index contributed by atoms with van der Waals surface area (Å²) in [5.74, 6) is 0. The van der Waals surface area contributed by atoms with Crippen LogP contribution >= 0.6 is 22.9 Å². The Morgan fingerprint density at radius 2 is 2.47 bits per heavy atom. The minimum Gasteiger partial charge on any atom is -0.403 e. The highest BCUT2D eigenvalue weighted by atomic mass is 35.5. The summed E-state index contributed by atoms with van der Waals surface area (Å²) < 4.78 is 7.00. The van der Waals surface area contributed by atoms with Crippen molar-refractivity contribution in [3.8, 4) is 0 Å². The van der Waals surface area contributed by atoms with Crippen LogP contribution in [0.1, 0.15) is 23.3 Å². The van der Waals surface area contributed by atoms with E-state index in [1.807, 2.05) is 0 Å². The third kappa shape index (κ3) is 2.25. The molecule has 5 N–H and O–H groups in total. The highest BCUT2D eigenvalue weighted by Gasteiger charge is 2.44. The molecule has 1 saturated heterocycles. The summed E-state index contributed by atoms with van der Waals surface area (Å²) in [4.78, 5) is 1.28. The molecular weight excluding hydrogens is 282 g/mol. The Hall–Kier alpha value is -0.750. The molecule has 1 aromatic heterocycles. The van der Waals surface area contributed by atoms with Crippen molar-refractivity contribution in [2.75, 3.05) is 13.2 Å². The van der Waals surface area contributed by atoms with Gasteiger partial charge in [-0.15, -0.1) is 11.3 Å². The highest BCUT2D eigenvalue weighted by molar-refractivity contribution is 7.16. The van der Waals surface area contributed by atoms with Gasteiger partial charge in [-0.2, -0.15) is 0 Å². The van der Waals surface area contributed by atoms with E-state index in [1.54, 1.807) is 11.3 Å². The highest BCUT2D eigenvalue weighted by Crippen LogP contribution is 2.46. The molecule has 19 heavy (non-hydrogen) atoms. The monoisotopic (exact) mass is 299 g/mol. The molecule has 0 bridgehead atoms. The number of nitrogens with one attached hydrogen (secondary N) is 1. The van der Waals surface area contributed by atoms with Crippen LogP contribution in [0.5, 0.6) is 0 Å². The number of rotatable bonds is 1. The van der Waals surface area contributed by atoms with Crippen molar-refractivity contribution in [3.63, 3.8) is 0 Å². The first-order valence-electron chi connectivity index (χ1n) is 6.48. The van der Waals surface area contributed by atoms with Gasteiger partial charge in [0.15, 0.2) is 0 Å². The third-order valence-corrected chi connectivity index (χ3v) is 5.48. The molecular formula is C13H18ClN3OS. The van der Waals surface area contributed by atoms with Crippen LogP contribution in [0.4, 0.5) is 0 Å². The molecule has 0 aromatic carbocycles. The number of fused-ring (bicyclic) bond motifs is 2. The predicted octanol–water partition coefficient (Wildman–Crippen LogP) is 1.68. The molecule has 2 unspecified atom stereocenters. The largest absolute Gasteiger partial charge is 0.403 e. The van der Waals surface area contributed by atoms with Crippen molar-refractivity contribution >= 4 is 22.9 Å². The first kappa shape index (κ1) is 13.2. The molecule has 2 aliphatic rings. The quantitative estimate of drug-likeness (QED) is 0.738. The topological polar surface area (TPSA) is 73.3 Å². The first-order valence-corrected chi connectivity index (χ1v) is 7.67. The molecule has 1 aromatic rings. The Bertz CT molecular complexity index is 516. The minimum absolute atomic E-state index is 0.0746. The fourth-order valence-electron chi connectivity index (χ4n) is 3.03. The van der Waals surface area contributed by atoms with E-state index in [2.05, 4.69) is 11.4 Å². The van der Waals surface area contributed by atoms with Crippen molar-refractivity contribution < 1.29 is 4.74 Å². The van der Waals surface area contributed by atoms with Crippen molar-refractivity contribution in [2.24, 2.45) is 11.5 Å². The lowest BCUT2D eigenvalue weighted by molar-refractivity contribution is -0.0836. The van der Waals surface area contributed by atoms with E-state index in [0.29, 0.717) is 5.70 Å². The van der Waals surface area contributed by atoms with Crippen molar-refractivity contribution in [2.45, 2.75) is 30.9 Å². The van der Waals surface area contributed by atoms with Gasteiger partial charge < -0.3 is 21.5 Å². The fraction of sp³-hybridized carbons (Fsp3) is 0.538. The Labute approximate surface area is 121 Å². The van der Waals surface area contributed by atoms with Crippen LogP contribution in [0.25, 0.3) is 0 Å². The predicted molar refractivity (Wildman–Crippen MR) is 78.1 cm³/mol. The van der Waals surface area contributed by atoms with Gasteiger partial charge in [0.25, 0.3) is 0 Å². The fourth-order valence-corrected chi connectivity index (χ4v) is 4.51. The Balaban J connectivity index is 1.95. The van der Waals surface area contributed by atoms with Gasteiger partial charge in [-0.25, -0.2) is 0 Å². The van der Waals surface area contributed by atoms with Crippen LogP contribution < -0.4 is 16.8 Å². The van der Waals surface area contributed by atoms with Crippen molar-refractivity contribution in [3.05, 3.63) is 32.7 Å². The molecule has 0 amide bonds. The second-order valence-corrected chi connectivity index (χ2v) is 6.81. The molecule has 3 rings (SSSR count). The number of thiophene rings is 1. The van der Waals surface area contributed by atoms with E-state index in [1.165, 1.54) is 16.6 Å². The summed E-state index contributed by atoms with van der Waals surface area (Å²) in [6, 6.07) is 2.15. The number of ether oxygens (including phenoxy) is 1. The van der Waals surface area contributed by atoms with Gasteiger partial charge in [-0.3, -0.25) is 0 Å². The summed E-state index contributed by atoms with van der Waals surface area (Å²) in [5.41, 5.74) is 13.3. The second-order valence-electron chi connectivity index (χ2n) is 5.13. The van der Waals surface area contributed by atoms with E-state index >= 15 is 0 Å². The zero-order valence-electron chi connectivity index (χ0n) is 10.6. The van der Waals surface area contributed by atoms with Gasteiger partial charge in [0, 0.05) is 23.2 Å². The number of hydrogen-bond acceptors (Lipinski definition) is 5. The summed E-state index contributed by atoms with van der Waals surface area (Å²) >= 11 is 7.81. The van der Waals surface area contributed by atoms with Crippen LogP contribution in [-0.2, 0) is 16.8 Å². The summed E-state index contributed by atoms with van der Waals surface area (Å²) in [7, 11) is 0. The van der Waals surface area contributed by atoms with Crippen molar-refractivity contribution in [1.82, 2.24) is 5.32 Å².